The van der Waals surface area contributed by atoms with Gasteiger partial charge in [-0.3, -0.25) is 4.98 Å². The van der Waals surface area contributed by atoms with Gasteiger partial charge in [0.05, 0.1) is 5.57 Å². The van der Waals surface area contributed by atoms with Crippen LogP contribution in [0, 0.1) is 25.2 Å². The molecule has 78 valence electrons. The Morgan fingerprint density at radius 3 is 2.27 bits per heavy atom. The van der Waals surface area contributed by atoms with Crippen molar-refractivity contribution in [2.75, 3.05) is 14.1 Å². The number of aromatic nitrogens is 1. The Morgan fingerprint density at radius 2 is 1.87 bits per heavy atom. The lowest BCUT2D eigenvalue weighted by atomic mass is 10.1. The zero-order valence-electron chi connectivity index (χ0n) is 9.57. The van der Waals surface area contributed by atoms with Crippen LogP contribution in [0.15, 0.2) is 18.3 Å². The molecule has 0 saturated carbocycles. The van der Waals surface area contributed by atoms with Gasteiger partial charge in [-0.25, -0.2) is 0 Å². The van der Waals surface area contributed by atoms with Crippen molar-refractivity contribution < 1.29 is 0 Å². The van der Waals surface area contributed by atoms with E-state index in [1.165, 1.54) is 0 Å². The maximum absolute atomic E-state index is 9.04. The Kier molecular flexibility index (Phi) is 3.46. The summed E-state index contributed by atoms with van der Waals surface area (Å²) in [6.45, 7) is 3.86. The fraction of sp³-hybridized carbons (Fsp3) is 0.333. The average Bonchev–Trinajstić information content (AvgIpc) is 2.12. The molecule has 3 heteroatoms. The molecule has 0 aliphatic heterocycles. The molecule has 0 aliphatic carbocycles. The Hall–Kier alpha value is -1.82. The lowest BCUT2D eigenvalue weighted by Gasteiger charge is -2.07. The van der Waals surface area contributed by atoms with Gasteiger partial charge < -0.3 is 4.90 Å². The molecular formula is C12H15N3. The molecule has 1 aromatic heterocycles. The van der Waals surface area contributed by atoms with E-state index in [1.54, 1.807) is 0 Å². The highest BCUT2D eigenvalue weighted by Gasteiger charge is 2.03. The van der Waals surface area contributed by atoms with Gasteiger partial charge in [0.2, 0.25) is 0 Å². The lowest BCUT2D eigenvalue weighted by molar-refractivity contribution is 0.566. The highest BCUT2D eigenvalue weighted by molar-refractivity contribution is 5.76. The predicted molar refractivity (Wildman–Crippen MR) is 61.0 cm³/mol. The molecule has 0 bridgehead atoms. The van der Waals surface area contributed by atoms with Gasteiger partial charge in [-0.1, -0.05) is 0 Å². The maximum atomic E-state index is 9.04. The molecule has 15 heavy (non-hydrogen) atoms. The Labute approximate surface area is 90.7 Å². The predicted octanol–water partition coefficient (Wildman–Crippen LogP) is 2.12. The van der Waals surface area contributed by atoms with Crippen molar-refractivity contribution in [3.8, 4) is 6.07 Å². The monoisotopic (exact) mass is 201 g/mol. The number of rotatable bonds is 2. The second kappa shape index (κ2) is 4.61. The summed E-state index contributed by atoms with van der Waals surface area (Å²) >= 11 is 0. The molecule has 1 aromatic rings. The van der Waals surface area contributed by atoms with Crippen LogP contribution in [0.4, 0.5) is 0 Å². The second-order valence-electron chi connectivity index (χ2n) is 3.76. The third-order valence-corrected chi connectivity index (χ3v) is 1.90. The molecule has 1 heterocycles. The summed E-state index contributed by atoms with van der Waals surface area (Å²) in [6.07, 6.45) is 1.81. The van der Waals surface area contributed by atoms with Gasteiger partial charge in [0.15, 0.2) is 0 Å². The van der Waals surface area contributed by atoms with Crippen molar-refractivity contribution in [3.63, 3.8) is 0 Å². The topological polar surface area (TPSA) is 39.9 Å². The molecule has 0 N–H and O–H groups in total. The molecule has 0 spiro atoms. The summed E-state index contributed by atoms with van der Waals surface area (Å²) < 4.78 is 0. The van der Waals surface area contributed by atoms with Crippen molar-refractivity contribution in [1.82, 2.24) is 9.88 Å². The van der Waals surface area contributed by atoms with E-state index in [1.807, 2.05) is 51.2 Å². The van der Waals surface area contributed by atoms with Crippen LogP contribution in [-0.2, 0) is 0 Å². The standard InChI is InChI=1S/C12H15N3/c1-9-5-11(6-10(2)14-9)12(7-13)8-15(3)4/h5-6,8H,1-4H3/b12-8-. The van der Waals surface area contributed by atoms with Gasteiger partial charge in [-0.2, -0.15) is 5.26 Å². The summed E-state index contributed by atoms with van der Waals surface area (Å²) in [4.78, 5) is 6.14. The van der Waals surface area contributed by atoms with Crippen LogP contribution in [0.1, 0.15) is 17.0 Å². The third-order valence-electron chi connectivity index (χ3n) is 1.90. The van der Waals surface area contributed by atoms with E-state index < -0.39 is 0 Å². The number of nitriles is 1. The lowest BCUT2D eigenvalue weighted by Crippen LogP contribution is -2.02. The van der Waals surface area contributed by atoms with Gasteiger partial charge in [-0.15, -0.1) is 0 Å². The summed E-state index contributed by atoms with van der Waals surface area (Å²) in [5.74, 6) is 0. The van der Waals surface area contributed by atoms with E-state index in [4.69, 9.17) is 5.26 Å². The van der Waals surface area contributed by atoms with Crippen LogP contribution in [0.3, 0.4) is 0 Å². The van der Waals surface area contributed by atoms with Crippen molar-refractivity contribution in [3.05, 3.63) is 35.3 Å². The molecule has 0 saturated heterocycles. The Balaban J connectivity index is 3.20. The molecule has 0 fully saturated rings. The van der Waals surface area contributed by atoms with E-state index in [2.05, 4.69) is 11.1 Å². The van der Waals surface area contributed by atoms with Crippen molar-refractivity contribution in [2.24, 2.45) is 0 Å². The smallest absolute Gasteiger partial charge is 0.101 e. The first-order valence-electron chi connectivity index (χ1n) is 4.77. The van der Waals surface area contributed by atoms with Gasteiger partial charge in [0.25, 0.3) is 0 Å². The first-order valence-corrected chi connectivity index (χ1v) is 4.77. The average molecular weight is 201 g/mol. The van der Waals surface area contributed by atoms with Crippen molar-refractivity contribution >= 4 is 5.57 Å². The van der Waals surface area contributed by atoms with E-state index in [0.29, 0.717) is 5.57 Å². The minimum atomic E-state index is 0.661. The highest BCUT2D eigenvalue weighted by Crippen LogP contribution is 2.15. The summed E-state index contributed by atoms with van der Waals surface area (Å²) in [6, 6.07) is 6.04. The minimum Gasteiger partial charge on any atom is -0.382 e. The van der Waals surface area contributed by atoms with Gasteiger partial charge in [0, 0.05) is 31.7 Å². The molecule has 0 unspecified atom stereocenters. The van der Waals surface area contributed by atoms with Crippen LogP contribution in [-0.4, -0.2) is 24.0 Å². The van der Waals surface area contributed by atoms with E-state index in [-0.39, 0.29) is 0 Å². The van der Waals surface area contributed by atoms with Crippen LogP contribution in [0.2, 0.25) is 0 Å². The van der Waals surface area contributed by atoms with Crippen LogP contribution < -0.4 is 0 Å². The molecule has 0 radical (unpaired) electrons. The number of nitrogens with zero attached hydrogens (tertiary/aromatic N) is 3. The van der Waals surface area contributed by atoms with Gasteiger partial charge in [0.1, 0.15) is 6.07 Å². The SMILES string of the molecule is Cc1cc(/C(C#N)=C\N(C)C)cc(C)n1. The first kappa shape index (κ1) is 11.3. The van der Waals surface area contributed by atoms with Crippen molar-refractivity contribution in [2.45, 2.75) is 13.8 Å². The molecule has 3 nitrogen and oxygen atoms in total. The third kappa shape index (κ3) is 3.10. The second-order valence-corrected chi connectivity index (χ2v) is 3.76. The zero-order valence-corrected chi connectivity index (χ0v) is 9.57. The maximum Gasteiger partial charge on any atom is 0.101 e. The number of pyridine rings is 1. The zero-order chi connectivity index (χ0) is 11.4. The highest BCUT2D eigenvalue weighted by atomic mass is 15.0. The fourth-order valence-electron chi connectivity index (χ4n) is 1.42. The van der Waals surface area contributed by atoms with Crippen LogP contribution >= 0.6 is 0 Å². The molecule has 0 aromatic carbocycles. The summed E-state index contributed by atoms with van der Waals surface area (Å²) in [5, 5.41) is 9.04. The Morgan fingerprint density at radius 1 is 1.33 bits per heavy atom. The van der Waals surface area contributed by atoms with E-state index >= 15 is 0 Å². The van der Waals surface area contributed by atoms with Gasteiger partial charge in [-0.05, 0) is 31.5 Å². The minimum absolute atomic E-state index is 0.661. The Bertz CT molecular complexity index is 405. The number of hydrogen-bond donors (Lipinski definition) is 0. The molecule has 1 rings (SSSR count). The van der Waals surface area contributed by atoms with Crippen LogP contribution in [0.5, 0.6) is 0 Å². The largest absolute Gasteiger partial charge is 0.382 e. The quantitative estimate of drug-likeness (QED) is 0.688. The van der Waals surface area contributed by atoms with E-state index in [9.17, 15) is 0 Å². The summed E-state index contributed by atoms with van der Waals surface area (Å²) in [5.41, 5.74) is 3.46. The molecule has 0 amide bonds. The molecular weight excluding hydrogens is 186 g/mol. The normalized spacial score (nSPS) is 11.0. The van der Waals surface area contributed by atoms with Crippen molar-refractivity contribution in [1.29, 1.82) is 5.26 Å². The number of hydrogen-bond acceptors (Lipinski definition) is 3. The van der Waals surface area contributed by atoms with Crippen LogP contribution in [0.25, 0.3) is 5.57 Å². The first-order chi connectivity index (χ1) is 7.02. The molecule has 0 atom stereocenters. The van der Waals surface area contributed by atoms with Gasteiger partial charge >= 0.3 is 0 Å². The molecule has 0 aliphatic rings. The van der Waals surface area contributed by atoms with E-state index in [0.717, 1.165) is 17.0 Å². The number of aryl methyl sites for hydroxylation is 2. The summed E-state index contributed by atoms with van der Waals surface area (Å²) in [7, 11) is 3.80. The number of allylic oxidation sites excluding steroid dienone is 1. The fourth-order valence-corrected chi connectivity index (χ4v) is 1.42.